The molecule has 0 aromatic heterocycles. The van der Waals surface area contributed by atoms with Gasteiger partial charge in [0.25, 0.3) is 0 Å². The zero-order valence-corrected chi connectivity index (χ0v) is 22.2. The van der Waals surface area contributed by atoms with Gasteiger partial charge in [0.1, 0.15) is 0 Å². The van der Waals surface area contributed by atoms with E-state index in [1.54, 1.807) is 0 Å². The average Bonchev–Trinajstić information content (AvgIpc) is 2.84. The predicted octanol–water partition coefficient (Wildman–Crippen LogP) is 9.47. The maximum Gasteiger partial charge on any atom is 0.0338 e. The van der Waals surface area contributed by atoms with Gasteiger partial charge in [0, 0.05) is 18.7 Å². The first-order valence-corrected chi connectivity index (χ1v) is 11.8. The van der Waals surface area contributed by atoms with Crippen LogP contribution in [0, 0.1) is 12.8 Å². The molecule has 0 amide bonds. The molecule has 1 rings (SSSR count). The van der Waals surface area contributed by atoms with Gasteiger partial charge in [-0.05, 0) is 60.6 Å². The number of allylic oxidation sites excluding steroid dienone is 9. The summed E-state index contributed by atoms with van der Waals surface area (Å²) in [5.41, 5.74) is 8.98. The van der Waals surface area contributed by atoms with E-state index in [1.807, 2.05) is 53.8 Å². The van der Waals surface area contributed by atoms with E-state index >= 15 is 0 Å². The van der Waals surface area contributed by atoms with Gasteiger partial charge in [0.05, 0.1) is 0 Å². The van der Waals surface area contributed by atoms with Gasteiger partial charge in [0.2, 0.25) is 0 Å². The van der Waals surface area contributed by atoms with Crippen molar-refractivity contribution in [3.63, 3.8) is 0 Å². The smallest absolute Gasteiger partial charge is 0.0338 e. The van der Waals surface area contributed by atoms with Gasteiger partial charge in [-0.1, -0.05) is 109 Å². The van der Waals surface area contributed by atoms with Crippen molar-refractivity contribution in [1.82, 2.24) is 5.32 Å². The van der Waals surface area contributed by atoms with Crippen LogP contribution in [0.4, 0.5) is 0 Å². The Labute approximate surface area is 199 Å². The van der Waals surface area contributed by atoms with Crippen LogP contribution < -0.4 is 5.32 Å². The van der Waals surface area contributed by atoms with Gasteiger partial charge in [-0.3, -0.25) is 0 Å². The van der Waals surface area contributed by atoms with Crippen LogP contribution >= 0.6 is 0 Å². The first-order chi connectivity index (χ1) is 15.3. The minimum absolute atomic E-state index is 0.126. The Morgan fingerprint density at radius 3 is 2.09 bits per heavy atom. The van der Waals surface area contributed by atoms with E-state index in [9.17, 15) is 0 Å². The van der Waals surface area contributed by atoms with E-state index in [-0.39, 0.29) is 5.92 Å². The Morgan fingerprint density at radius 1 is 1.09 bits per heavy atom. The van der Waals surface area contributed by atoms with Crippen LogP contribution in [0.1, 0.15) is 71.6 Å². The lowest BCUT2D eigenvalue weighted by Crippen LogP contribution is -2.06. The molecule has 176 valence electrons. The molecule has 0 radical (unpaired) electrons. The summed E-state index contributed by atoms with van der Waals surface area (Å²) in [6, 6.07) is 6.53. The molecule has 1 nitrogen and oxygen atoms in total. The van der Waals surface area contributed by atoms with E-state index in [2.05, 4.69) is 88.8 Å². The van der Waals surface area contributed by atoms with Crippen molar-refractivity contribution in [2.45, 2.75) is 61.8 Å². The number of likely N-dealkylation sites (N-methyl/N-ethyl adjacent to an activating group) is 1. The van der Waals surface area contributed by atoms with Crippen LogP contribution in [0.25, 0.3) is 11.1 Å². The fourth-order valence-electron chi connectivity index (χ4n) is 3.09. The topological polar surface area (TPSA) is 12.0 Å². The molecule has 1 atom stereocenters. The molecule has 1 unspecified atom stereocenters. The maximum atomic E-state index is 4.17. The van der Waals surface area contributed by atoms with E-state index < -0.39 is 0 Å². The van der Waals surface area contributed by atoms with Crippen LogP contribution in [0.3, 0.4) is 0 Å². The van der Waals surface area contributed by atoms with Gasteiger partial charge in [-0.25, -0.2) is 0 Å². The third kappa shape index (κ3) is 9.56. The van der Waals surface area contributed by atoms with Crippen molar-refractivity contribution >= 4 is 11.1 Å². The zero-order valence-electron chi connectivity index (χ0n) is 22.2. The number of rotatable bonds is 10. The highest BCUT2D eigenvalue weighted by atomic mass is 14.8. The van der Waals surface area contributed by atoms with E-state index in [4.69, 9.17) is 0 Å². The monoisotopic (exact) mass is 433 g/mol. The summed E-state index contributed by atoms with van der Waals surface area (Å²) in [4.78, 5) is 0. The first-order valence-electron chi connectivity index (χ1n) is 11.8. The summed E-state index contributed by atoms with van der Waals surface area (Å²) >= 11 is 0. The van der Waals surface area contributed by atoms with Crippen molar-refractivity contribution in [2.75, 3.05) is 7.05 Å². The minimum atomic E-state index is 0.126. The second-order valence-electron chi connectivity index (χ2n) is 6.92. The number of benzene rings is 1. The van der Waals surface area contributed by atoms with Crippen molar-refractivity contribution < 1.29 is 0 Å². The van der Waals surface area contributed by atoms with Crippen LogP contribution in [0.5, 0.6) is 0 Å². The lowest BCUT2D eigenvalue weighted by molar-refractivity contribution is 0.998. The Balaban J connectivity index is 0. The molecule has 0 fully saturated rings. The first kappa shape index (κ1) is 31.4. The van der Waals surface area contributed by atoms with Crippen molar-refractivity contribution in [1.29, 1.82) is 0 Å². The average molecular weight is 434 g/mol. The van der Waals surface area contributed by atoms with Crippen LogP contribution in [-0.2, 0) is 0 Å². The van der Waals surface area contributed by atoms with Crippen molar-refractivity contribution in [3.05, 3.63) is 108 Å². The molecule has 0 spiro atoms. The standard InChI is InChI=1S/C27H35N.2C2H6/c1-10-19(5)16-23(11-2)24(12-3)18-25(13-4)26-14-15-27(20(6)17-26)21(7)22(8)28-9;2*1-2/h10-12,14-18,24,28H,2-3,7-8,13H2,1,4-6,9H3;2*1-2H3/b19-10-,23-16+,25-18+;;. The molecule has 0 saturated carbocycles. The highest BCUT2D eigenvalue weighted by Gasteiger charge is 2.11. The Bertz CT molecular complexity index is 843. The fourth-order valence-corrected chi connectivity index (χ4v) is 3.09. The molecule has 1 heteroatoms. The Morgan fingerprint density at radius 2 is 1.69 bits per heavy atom. The second kappa shape index (κ2) is 17.8. The summed E-state index contributed by atoms with van der Waals surface area (Å²) in [6.45, 7) is 32.7. The van der Waals surface area contributed by atoms with Crippen LogP contribution in [0.15, 0.2) is 91.7 Å². The summed E-state index contributed by atoms with van der Waals surface area (Å²) in [6.07, 6.45) is 11.4. The molecular weight excluding hydrogens is 386 g/mol. The minimum Gasteiger partial charge on any atom is -0.388 e. The SMILES string of the molecule is C=C/C(=C\C(C)=C/C)C(C=C)/C=C(\CC)c1ccc(C(=C)C(=C)NC)c(C)c1.CC.CC. The normalized spacial score (nSPS) is 12.3. The number of hydrogen-bond donors (Lipinski definition) is 1. The molecular formula is C31H47N. The highest BCUT2D eigenvalue weighted by molar-refractivity contribution is 5.79. The predicted molar refractivity (Wildman–Crippen MR) is 151 cm³/mol. The summed E-state index contributed by atoms with van der Waals surface area (Å²) in [5, 5.41) is 3.08. The Kier molecular flexibility index (Phi) is 17.5. The molecule has 0 heterocycles. The molecule has 0 bridgehead atoms. The molecule has 0 aliphatic heterocycles. The third-order valence-corrected chi connectivity index (χ3v) is 5.07. The number of hydrogen-bond acceptors (Lipinski definition) is 1. The van der Waals surface area contributed by atoms with Crippen molar-refractivity contribution in [2.24, 2.45) is 5.92 Å². The van der Waals surface area contributed by atoms with Gasteiger partial charge < -0.3 is 5.32 Å². The molecule has 1 aromatic carbocycles. The fraction of sp³-hybridized carbons (Fsp3) is 0.355. The summed E-state index contributed by atoms with van der Waals surface area (Å²) in [5.74, 6) is 0.126. The Hall–Kier alpha value is -2.80. The molecule has 0 aliphatic rings. The number of nitrogens with one attached hydrogen (secondary N) is 1. The third-order valence-electron chi connectivity index (χ3n) is 5.07. The van der Waals surface area contributed by atoms with Crippen molar-refractivity contribution in [3.8, 4) is 0 Å². The zero-order chi connectivity index (χ0) is 25.3. The quantitative estimate of drug-likeness (QED) is 0.286. The number of aryl methyl sites for hydroxylation is 1. The molecule has 0 aliphatic carbocycles. The van der Waals surface area contributed by atoms with E-state index in [0.29, 0.717) is 0 Å². The van der Waals surface area contributed by atoms with Gasteiger partial charge in [-0.2, -0.15) is 0 Å². The molecule has 32 heavy (non-hydrogen) atoms. The summed E-state index contributed by atoms with van der Waals surface area (Å²) < 4.78 is 0. The van der Waals surface area contributed by atoms with E-state index in [0.717, 1.165) is 28.8 Å². The van der Waals surface area contributed by atoms with Gasteiger partial charge in [0.15, 0.2) is 0 Å². The highest BCUT2D eigenvalue weighted by Crippen LogP contribution is 2.29. The second-order valence-corrected chi connectivity index (χ2v) is 6.92. The lowest BCUT2D eigenvalue weighted by Gasteiger charge is -2.16. The van der Waals surface area contributed by atoms with Crippen LogP contribution in [-0.4, -0.2) is 7.05 Å². The van der Waals surface area contributed by atoms with Crippen LogP contribution in [0.2, 0.25) is 0 Å². The lowest BCUT2D eigenvalue weighted by atomic mass is 9.89. The van der Waals surface area contributed by atoms with Gasteiger partial charge in [-0.15, -0.1) is 6.58 Å². The van der Waals surface area contributed by atoms with E-state index in [1.165, 1.54) is 22.3 Å². The molecule has 0 saturated heterocycles. The molecule has 1 N–H and O–H groups in total. The molecule has 1 aromatic rings. The largest absolute Gasteiger partial charge is 0.388 e. The van der Waals surface area contributed by atoms with Gasteiger partial charge >= 0.3 is 0 Å². The summed E-state index contributed by atoms with van der Waals surface area (Å²) in [7, 11) is 1.87. The maximum absolute atomic E-state index is 4.17.